The van der Waals surface area contributed by atoms with Crippen LogP contribution in [0, 0.1) is 0 Å². The van der Waals surface area contributed by atoms with Crippen LogP contribution in [-0.4, -0.2) is 56.5 Å². The van der Waals surface area contributed by atoms with Gasteiger partial charge in [-0.2, -0.15) is 0 Å². The number of hydrogen-bond donors (Lipinski definition) is 1. The van der Waals surface area contributed by atoms with Crippen LogP contribution in [0.15, 0.2) is 0 Å². The topological polar surface area (TPSA) is 49.4 Å². The van der Waals surface area contributed by atoms with Crippen LogP contribution in [-0.2, 0) is 9.84 Å². The summed E-state index contributed by atoms with van der Waals surface area (Å²) in [6.45, 7) is 5.31. The molecule has 1 N–H and O–H groups in total. The quantitative estimate of drug-likeness (QED) is 0.759. The summed E-state index contributed by atoms with van der Waals surface area (Å²) < 4.78 is 23.0. The predicted molar refractivity (Wildman–Crippen MR) is 65.3 cm³/mol. The predicted octanol–water partition coefficient (Wildman–Crippen LogP) is 0.247. The number of nitrogens with one attached hydrogen (secondary N) is 1. The molecule has 16 heavy (non-hydrogen) atoms. The van der Waals surface area contributed by atoms with E-state index in [-0.39, 0.29) is 6.04 Å². The summed E-state index contributed by atoms with van der Waals surface area (Å²) >= 11 is 0. The molecule has 2 fully saturated rings. The molecule has 0 saturated carbocycles. The standard InChI is InChI=1S/C11H22N2O2S/c1-2-10-8-13(6-3-5-12-10)11-4-7-16(14,15)9-11/h10-12H,2-9H2,1H3. The van der Waals surface area contributed by atoms with E-state index in [9.17, 15) is 8.42 Å². The summed E-state index contributed by atoms with van der Waals surface area (Å²) in [5.41, 5.74) is 0. The zero-order chi connectivity index (χ0) is 11.6. The van der Waals surface area contributed by atoms with Crippen molar-refractivity contribution in [3.8, 4) is 0 Å². The normalized spacial score (nSPS) is 36.1. The van der Waals surface area contributed by atoms with Crippen molar-refractivity contribution in [2.45, 2.75) is 38.3 Å². The lowest BCUT2D eigenvalue weighted by Gasteiger charge is -2.28. The van der Waals surface area contributed by atoms with Crippen LogP contribution in [0.4, 0.5) is 0 Å². The van der Waals surface area contributed by atoms with Gasteiger partial charge in [-0.1, -0.05) is 6.92 Å². The van der Waals surface area contributed by atoms with Gasteiger partial charge in [0.25, 0.3) is 0 Å². The van der Waals surface area contributed by atoms with Gasteiger partial charge in [-0.3, -0.25) is 4.90 Å². The molecule has 0 aromatic rings. The summed E-state index contributed by atoms with van der Waals surface area (Å²) in [4.78, 5) is 2.39. The maximum absolute atomic E-state index is 11.5. The second kappa shape index (κ2) is 5.02. The van der Waals surface area contributed by atoms with Crippen LogP contribution in [0.3, 0.4) is 0 Å². The number of sulfone groups is 1. The molecule has 2 atom stereocenters. The Morgan fingerprint density at radius 2 is 2.25 bits per heavy atom. The summed E-state index contributed by atoms with van der Waals surface area (Å²) in [6, 6.07) is 0.810. The van der Waals surface area contributed by atoms with Gasteiger partial charge in [0.05, 0.1) is 11.5 Å². The highest BCUT2D eigenvalue weighted by atomic mass is 32.2. The second-order valence-electron chi connectivity index (χ2n) is 4.96. The van der Waals surface area contributed by atoms with Crippen LogP contribution in [0.5, 0.6) is 0 Å². The fourth-order valence-electron chi connectivity index (χ4n) is 2.70. The fourth-order valence-corrected chi connectivity index (χ4v) is 4.46. The summed E-state index contributed by atoms with van der Waals surface area (Å²) in [7, 11) is -2.74. The van der Waals surface area contributed by atoms with E-state index >= 15 is 0 Å². The van der Waals surface area contributed by atoms with E-state index < -0.39 is 9.84 Å². The Balaban J connectivity index is 1.97. The first-order chi connectivity index (χ1) is 7.61. The van der Waals surface area contributed by atoms with Gasteiger partial charge in [0.1, 0.15) is 0 Å². The van der Waals surface area contributed by atoms with E-state index in [1.54, 1.807) is 0 Å². The molecule has 2 aliphatic heterocycles. The van der Waals surface area contributed by atoms with E-state index in [0.717, 1.165) is 38.9 Å². The van der Waals surface area contributed by atoms with E-state index in [2.05, 4.69) is 17.1 Å². The minimum absolute atomic E-state index is 0.277. The zero-order valence-corrected chi connectivity index (χ0v) is 10.8. The van der Waals surface area contributed by atoms with Crippen molar-refractivity contribution < 1.29 is 8.42 Å². The van der Waals surface area contributed by atoms with Gasteiger partial charge < -0.3 is 5.32 Å². The van der Waals surface area contributed by atoms with E-state index in [4.69, 9.17) is 0 Å². The lowest BCUT2D eigenvalue weighted by Crippen LogP contribution is -2.43. The van der Waals surface area contributed by atoms with Gasteiger partial charge in [-0.05, 0) is 32.4 Å². The molecule has 2 saturated heterocycles. The molecule has 0 radical (unpaired) electrons. The van der Waals surface area contributed by atoms with Crippen LogP contribution in [0.2, 0.25) is 0 Å². The van der Waals surface area contributed by atoms with Crippen LogP contribution in [0.25, 0.3) is 0 Å². The lowest BCUT2D eigenvalue weighted by atomic mass is 10.1. The molecule has 2 aliphatic rings. The van der Waals surface area contributed by atoms with Crippen LogP contribution >= 0.6 is 0 Å². The first kappa shape index (κ1) is 12.3. The van der Waals surface area contributed by atoms with Crippen molar-refractivity contribution in [3.05, 3.63) is 0 Å². The molecule has 2 rings (SSSR count). The van der Waals surface area contributed by atoms with Crippen molar-refractivity contribution in [3.63, 3.8) is 0 Å². The Morgan fingerprint density at radius 1 is 1.44 bits per heavy atom. The molecule has 0 aromatic carbocycles. The van der Waals surface area contributed by atoms with E-state index in [0.29, 0.717) is 17.5 Å². The Bertz CT molecular complexity index is 329. The highest BCUT2D eigenvalue weighted by Crippen LogP contribution is 2.19. The molecule has 0 aromatic heterocycles. The van der Waals surface area contributed by atoms with Crippen LogP contribution < -0.4 is 5.32 Å². The van der Waals surface area contributed by atoms with Gasteiger partial charge in [-0.25, -0.2) is 8.42 Å². The molecule has 0 bridgehead atoms. The highest BCUT2D eigenvalue weighted by molar-refractivity contribution is 7.91. The van der Waals surface area contributed by atoms with Gasteiger partial charge in [-0.15, -0.1) is 0 Å². The molecule has 0 amide bonds. The van der Waals surface area contributed by atoms with Crippen molar-refractivity contribution in [1.29, 1.82) is 0 Å². The zero-order valence-electron chi connectivity index (χ0n) is 9.98. The molecule has 2 heterocycles. The Labute approximate surface area is 98.3 Å². The van der Waals surface area contributed by atoms with Crippen molar-refractivity contribution in [2.24, 2.45) is 0 Å². The SMILES string of the molecule is CCC1CN(C2CCS(=O)(=O)C2)CCCN1. The number of rotatable bonds is 2. The van der Waals surface area contributed by atoms with Crippen molar-refractivity contribution >= 4 is 9.84 Å². The molecule has 2 unspecified atom stereocenters. The molecule has 0 aliphatic carbocycles. The Kier molecular flexibility index (Phi) is 3.87. The Hall–Kier alpha value is -0.130. The minimum Gasteiger partial charge on any atom is -0.313 e. The minimum atomic E-state index is -2.74. The molecule has 94 valence electrons. The maximum Gasteiger partial charge on any atom is 0.151 e. The fraction of sp³-hybridized carbons (Fsp3) is 1.00. The van der Waals surface area contributed by atoms with E-state index in [1.807, 2.05) is 0 Å². The molecule has 0 spiro atoms. The largest absolute Gasteiger partial charge is 0.313 e. The first-order valence-corrected chi connectivity index (χ1v) is 8.11. The monoisotopic (exact) mass is 246 g/mol. The lowest BCUT2D eigenvalue weighted by molar-refractivity contribution is 0.207. The summed E-state index contributed by atoms with van der Waals surface area (Å²) in [5, 5.41) is 3.51. The number of hydrogen-bond acceptors (Lipinski definition) is 4. The van der Waals surface area contributed by atoms with E-state index in [1.165, 1.54) is 0 Å². The third kappa shape index (κ3) is 2.96. The van der Waals surface area contributed by atoms with Gasteiger partial charge in [0.15, 0.2) is 9.84 Å². The molecular weight excluding hydrogens is 224 g/mol. The average molecular weight is 246 g/mol. The Morgan fingerprint density at radius 3 is 2.88 bits per heavy atom. The summed E-state index contributed by atoms with van der Waals surface area (Å²) in [5.74, 6) is 0.766. The molecule has 5 heteroatoms. The van der Waals surface area contributed by atoms with Gasteiger partial charge >= 0.3 is 0 Å². The second-order valence-corrected chi connectivity index (χ2v) is 7.19. The van der Waals surface area contributed by atoms with Crippen molar-refractivity contribution in [2.75, 3.05) is 31.1 Å². The average Bonchev–Trinajstić information content (AvgIpc) is 2.51. The third-order valence-electron chi connectivity index (χ3n) is 3.73. The van der Waals surface area contributed by atoms with Gasteiger partial charge in [0.2, 0.25) is 0 Å². The first-order valence-electron chi connectivity index (χ1n) is 6.28. The van der Waals surface area contributed by atoms with Crippen molar-refractivity contribution in [1.82, 2.24) is 10.2 Å². The smallest absolute Gasteiger partial charge is 0.151 e. The number of nitrogens with zero attached hydrogens (tertiary/aromatic N) is 1. The highest BCUT2D eigenvalue weighted by Gasteiger charge is 2.33. The van der Waals surface area contributed by atoms with Gasteiger partial charge in [0, 0.05) is 18.6 Å². The third-order valence-corrected chi connectivity index (χ3v) is 5.48. The molecular formula is C11H22N2O2S. The maximum atomic E-state index is 11.5. The van der Waals surface area contributed by atoms with Crippen LogP contribution in [0.1, 0.15) is 26.2 Å². The summed E-state index contributed by atoms with van der Waals surface area (Å²) in [6.07, 6.45) is 3.09. The molecule has 4 nitrogen and oxygen atoms in total.